The molecular formula is C10H8BrNO. The van der Waals surface area contributed by atoms with E-state index in [0.717, 1.165) is 17.7 Å². The maximum atomic E-state index is 8.73. The SMILES string of the molecule is N#Cc1ccc(Br)c(C2COC2)c1. The molecule has 66 valence electrons. The van der Waals surface area contributed by atoms with E-state index in [4.69, 9.17) is 10.00 Å². The number of hydrogen-bond acceptors (Lipinski definition) is 2. The lowest BCUT2D eigenvalue weighted by atomic mass is 9.96. The lowest BCUT2D eigenvalue weighted by molar-refractivity contribution is 0.00813. The number of rotatable bonds is 1. The van der Waals surface area contributed by atoms with Crippen LogP contribution in [0.2, 0.25) is 0 Å². The first kappa shape index (κ1) is 8.74. The first-order valence-electron chi connectivity index (χ1n) is 4.08. The van der Waals surface area contributed by atoms with Gasteiger partial charge >= 0.3 is 0 Å². The average molecular weight is 238 g/mol. The number of nitriles is 1. The molecule has 1 heterocycles. The third-order valence-electron chi connectivity index (χ3n) is 2.20. The predicted molar refractivity (Wildman–Crippen MR) is 52.4 cm³/mol. The summed E-state index contributed by atoms with van der Waals surface area (Å²) in [5, 5.41) is 8.73. The minimum Gasteiger partial charge on any atom is -0.380 e. The maximum absolute atomic E-state index is 8.73. The monoisotopic (exact) mass is 237 g/mol. The average Bonchev–Trinajstić information content (AvgIpc) is 2.06. The van der Waals surface area contributed by atoms with Crippen molar-refractivity contribution in [3.05, 3.63) is 33.8 Å². The van der Waals surface area contributed by atoms with E-state index < -0.39 is 0 Å². The summed E-state index contributed by atoms with van der Waals surface area (Å²) in [6.45, 7) is 1.54. The Kier molecular flexibility index (Phi) is 2.34. The van der Waals surface area contributed by atoms with Gasteiger partial charge in [-0.25, -0.2) is 0 Å². The van der Waals surface area contributed by atoms with Gasteiger partial charge in [-0.2, -0.15) is 5.26 Å². The lowest BCUT2D eigenvalue weighted by Gasteiger charge is -2.27. The molecule has 0 saturated carbocycles. The van der Waals surface area contributed by atoms with Crippen molar-refractivity contribution in [3.63, 3.8) is 0 Å². The van der Waals surface area contributed by atoms with Crippen LogP contribution in [0.3, 0.4) is 0 Å². The molecule has 1 fully saturated rings. The normalized spacial score (nSPS) is 16.3. The topological polar surface area (TPSA) is 33.0 Å². The van der Waals surface area contributed by atoms with Crippen molar-refractivity contribution in [2.24, 2.45) is 0 Å². The third kappa shape index (κ3) is 1.60. The fraction of sp³-hybridized carbons (Fsp3) is 0.300. The van der Waals surface area contributed by atoms with Gasteiger partial charge < -0.3 is 4.74 Å². The van der Waals surface area contributed by atoms with E-state index in [1.54, 1.807) is 0 Å². The second-order valence-electron chi connectivity index (χ2n) is 3.08. The molecule has 1 aromatic carbocycles. The van der Waals surface area contributed by atoms with Crippen LogP contribution < -0.4 is 0 Å². The van der Waals surface area contributed by atoms with E-state index in [9.17, 15) is 0 Å². The molecule has 1 saturated heterocycles. The van der Waals surface area contributed by atoms with Crippen LogP contribution in [0.15, 0.2) is 22.7 Å². The number of hydrogen-bond donors (Lipinski definition) is 0. The molecular weight excluding hydrogens is 230 g/mol. The van der Waals surface area contributed by atoms with Crippen molar-refractivity contribution < 1.29 is 4.74 Å². The molecule has 2 nitrogen and oxygen atoms in total. The van der Waals surface area contributed by atoms with Crippen LogP contribution in [-0.4, -0.2) is 13.2 Å². The van der Waals surface area contributed by atoms with E-state index in [2.05, 4.69) is 22.0 Å². The predicted octanol–water partition coefficient (Wildman–Crippen LogP) is 2.43. The summed E-state index contributed by atoms with van der Waals surface area (Å²) in [7, 11) is 0. The van der Waals surface area contributed by atoms with Gasteiger partial charge in [0.1, 0.15) is 0 Å². The summed E-state index contributed by atoms with van der Waals surface area (Å²) in [4.78, 5) is 0. The van der Waals surface area contributed by atoms with Crippen LogP contribution in [0, 0.1) is 11.3 Å². The molecule has 0 amide bonds. The summed E-state index contributed by atoms with van der Waals surface area (Å²) in [6, 6.07) is 7.80. The smallest absolute Gasteiger partial charge is 0.0991 e. The standard InChI is InChI=1S/C10H8BrNO/c11-10-2-1-7(4-12)3-9(10)8-5-13-6-8/h1-3,8H,5-6H2. The van der Waals surface area contributed by atoms with Crippen LogP contribution in [0.5, 0.6) is 0 Å². The van der Waals surface area contributed by atoms with Gasteiger partial charge in [0.15, 0.2) is 0 Å². The molecule has 2 rings (SSSR count). The fourth-order valence-electron chi connectivity index (χ4n) is 1.34. The molecule has 13 heavy (non-hydrogen) atoms. The summed E-state index contributed by atoms with van der Waals surface area (Å²) < 4.78 is 6.18. The molecule has 0 aromatic heterocycles. The van der Waals surface area contributed by atoms with Crippen LogP contribution >= 0.6 is 15.9 Å². The zero-order valence-electron chi connectivity index (χ0n) is 6.96. The summed E-state index contributed by atoms with van der Waals surface area (Å²) in [5.41, 5.74) is 1.90. The summed E-state index contributed by atoms with van der Waals surface area (Å²) in [6.07, 6.45) is 0. The molecule has 0 N–H and O–H groups in total. The Bertz CT molecular complexity index is 366. The van der Waals surface area contributed by atoms with Crippen molar-refractivity contribution in [2.75, 3.05) is 13.2 Å². The van der Waals surface area contributed by atoms with Crippen molar-refractivity contribution in [2.45, 2.75) is 5.92 Å². The molecule has 3 heteroatoms. The molecule has 0 radical (unpaired) electrons. The Morgan fingerprint density at radius 2 is 2.23 bits per heavy atom. The van der Waals surface area contributed by atoms with Gasteiger partial charge in [-0.1, -0.05) is 15.9 Å². The highest BCUT2D eigenvalue weighted by Crippen LogP contribution is 2.30. The first-order valence-corrected chi connectivity index (χ1v) is 4.88. The molecule has 0 bridgehead atoms. The van der Waals surface area contributed by atoms with E-state index in [-0.39, 0.29) is 0 Å². The van der Waals surface area contributed by atoms with Crippen LogP contribution in [0.4, 0.5) is 0 Å². The number of ether oxygens (including phenoxy) is 1. The lowest BCUT2D eigenvalue weighted by Crippen LogP contribution is -2.25. The highest BCUT2D eigenvalue weighted by atomic mass is 79.9. The van der Waals surface area contributed by atoms with Crippen LogP contribution in [0.1, 0.15) is 17.0 Å². The fourth-order valence-corrected chi connectivity index (χ4v) is 1.91. The van der Waals surface area contributed by atoms with Crippen molar-refractivity contribution in [3.8, 4) is 6.07 Å². The zero-order chi connectivity index (χ0) is 9.26. The summed E-state index contributed by atoms with van der Waals surface area (Å²) in [5.74, 6) is 0.461. The highest BCUT2D eigenvalue weighted by molar-refractivity contribution is 9.10. The Hall–Kier alpha value is -0.850. The van der Waals surface area contributed by atoms with E-state index >= 15 is 0 Å². The second kappa shape index (κ2) is 3.49. The number of nitrogens with zero attached hydrogens (tertiary/aromatic N) is 1. The van der Waals surface area contributed by atoms with Crippen molar-refractivity contribution >= 4 is 15.9 Å². The minimum absolute atomic E-state index is 0.461. The quantitative estimate of drug-likeness (QED) is 0.752. The maximum Gasteiger partial charge on any atom is 0.0991 e. The largest absolute Gasteiger partial charge is 0.380 e. The van der Waals surface area contributed by atoms with E-state index in [1.807, 2.05) is 18.2 Å². The van der Waals surface area contributed by atoms with Gasteiger partial charge in [0, 0.05) is 10.4 Å². The number of benzene rings is 1. The molecule has 1 aliphatic rings. The van der Waals surface area contributed by atoms with Crippen LogP contribution in [0.25, 0.3) is 0 Å². The van der Waals surface area contributed by atoms with Crippen LogP contribution in [-0.2, 0) is 4.74 Å². The Balaban J connectivity index is 2.37. The minimum atomic E-state index is 0.461. The van der Waals surface area contributed by atoms with E-state index in [1.165, 1.54) is 5.56 Å². The molecule has 1 aliphatic heterocycles. The van der Waals surface area contributed by atoms with Gasteiger partial charge in [-0.15, -0.1) is 0 Å². The zero-order valence-corrected chi connectivity index (χ0v) is 8.54. The summed E-state index contributed by atoms with van der Waals surface area (Å²) >= 11 is 3.47. The first-order chi connectivity index (χ1) is 6.31. The van der Waals surface area contributed by atoms with E-state index in [0.29, 0.717) is 11.5 Å². The van der Waals surface area contributed by atoms with Gasteiger partial charge in [0.25, 0.3) is 0 Å². The van der Waals surface area contributed by atoms with Crippen molar-refractivity contribution in [1.82, 2.24) is 0 Å². The Morgan fingerprint density at radius 1 is 1.46 bits per heavy atom. The van der Waals surface area contributed by atoms with Gasteiger partial charge in [-0.05, 0) is 23.8 Å². The molecule has 0 atom stereocenters. The molecule has 0 aliphatic carbocycles. The highest BCUT2D eigenvalue weighted by Gasteiger charge is 2.22. The Morgan fingerprint density at radius 3 is 2.77 bits per heavy atom. The van der Waals surface area contributed by atoms with Gasteiger partial charge in [-0.3, -0.25) is 0 Å². The van der Waals surface area contributed by atoms with Gasteiger partial charge in [0.05, 0.1) is 24.8 Å². The second-order valence-corrected chi connectivity index (χ2v) is 3.94. The molecule has 1 aromatic rings. The molecule has 0 unspecified atom stereocenters. The van der Waals surface area contributed by atoms with Crippen molar-refractivity contribution in [1.29, 1.82) is 5.26 Å². The molecule has 0 spiro atoms. The van der Waals surface area contributed by atoms with Gasteiger partial charge in [0.2, 0.25) is 0 Å². The Labute approximate surface area is 85.3 Å². The number of halogens is 1. The third-order valence-corrected chi connectivity index (χ3v) is 2.93.